The van der Waals surface area contributed by atoms with E-state index in [1.54, 1.807) is 31.4 Å². The average Bonchev–Trinajstić information content (AvgIpc) is 3.05. The van der Waals surface area contributed by atoms with Gasteiger partial charge in [0, 0.05) is 6.54 Å². The summed E-state index contributed by atoms with van der Waals surface area (Å²) < 4.78 is 37.9. The smallest absolute Gasteiger partial charge is 0.444 e. The van der Waals surface area contributed by atoms with Crippen molar-refractivity contribution in [1.29, 1.82) is 0 Å². The molecular weight excluding hydrogens is 545 g/mol. The van der Waals surface area contributed by atoms with Crippen molar-refractivity contribution >= 4 is 7.60 Å². The normalized spacial score (nSPS) is 11.5. The molecule has 0 aliphatic heterocycles. The van der Waals surface area contributed by atoms with Crippen LogP contribution < -0.4 is 19.1 Å². The summed E-state index contributed by atoms with van der Waals surface area (Å²) in [5.74, 6) is 1.71. The topological polar surface area (TPSA) is 66.0 Å². The Labute approximate surface area is 247 Å². The fourth-order valence-corrected chi connectivity index (χ4v) is 6.27. The van der Waals surface area contributed by atoms with Crippen molar-refractivity contribution in [3.05, 3.63) is 162 Å². The number of methoxy groups -OCH3 is 1. The molecule has 6 nitrogen and oxygen atoms in total. The maximum absolute atomic E-state index is 13.9. The SMILES string of the molecule is COc1ccc(C(OCCNCP(=O)(Oc2ccccc2)Oc2ccccc2)(c2ccccc2)c2ccccc2)cc1. The van der Waals surface area contributed by atoms with Crippen molar-refractivity contribution in [2.75, 3.05) is 26.5 Å². The third kappa shape index (κ3) is 7.10. The van der Waals surface area contributed by atoms with Gasteiger partial charge >= 0.3 is 7.60 Å². The molecule has 0 amide bonds. The van der Waals surface area contributed by atoms with Gasteiger partial charge in [-0.2, -0.15) is 0 Å². The van der Waals surface area contributed by atoms with Crippen molar-refractivity contribution in [3.8, 4) is 17.2 Å². The molecule has 0 fully saturated rings. The molecule has 5 rings (SSSR count). The van der Waals surface area contributed by atoms with Crippen molar-refractivity contribution < 1.29 is 23.1 Å². The molecule has 0 saturated carbocycles. The molecule has 5 aromatic rings. The van der Waals surface area contributed by atoms with Gasteiger partial charge in [-0.1, -0.05) is 109 Å². The van der Waals surface area contributed by atoms with Crippen LogP contribution in [0.4, 0.5) is 0 Å². The largest absolute Gasteiger partial charge is 0.497 e. The van der Waals surface area contributed by atoms with Crippen molar-refractivity contribution in [2.24, 2.45) is 0 Å². The molecule has 0 saturated heterocycles. The highest BCUT2D eigenvalue weighted by Gasteiger charge is 2.37. The van der Waals surface area contributed by atoms with E-state index in [0.717, 1.165) is 22.4 Å². The van der Waals surface area contributed by atoms with Crippen LogP contribution in [0.2, 0.25) is 0 Å². The molecule has 0 bridgehead atoms. The Bertz CT molecular complexity index is 1460. The summed E-state index contributed by atoms with van der Waals surface area (Å²) in [6.07, 6.45) is -0.00758. The second-order valence-corrected chi connectivity index (χ2v) is 11.5. The van der Waals surface area contributed by atoms with Gasteiger partial charge in [-0.25, -0.2) is 4.57 Å². The average molecular weight is 580 g/mol. The first kappa shape index (κ1) is 29.2. The zero-order valence-corrected chi connectivity index (χ0v) is 24.4. The van der Waals surface area contributed by atoms with E-state index in [0.29, 0.717) is 24.7 Å². The molecule has 0 aliphatic rings. The van der Waals surface area contributed by atoms with Crippen LogP contribution in [0.15, 0.2) is 146 Å². The summed E-state index contributed by atoms with van der Waals surface area (Å²) in [6, 6.07) is 46.3. The first-order chi connectivity index (χ1) is 20.6. The van der Waals surface area contributed by atoms with Gasteiger partial charge in [-0.3, -0.25) is 0 Å². The van der Waals surface area contributed by atoms with E-state index in [4.69, 9.17) is 18.5 Å². The molecule has 0 aliphatic carbocycles. The van der Waals surface area contributed by atoms with Crippen LogP contribution in [0.5, 0.6) is 17.2 Å². The lowest BCUT2D eigenvalue weighted by Gasteiger charge is -2.36. The first-order valence-electron chi connectivity index (χ1n) is 13.8. The fraction of sp³-hybridized carbons (Fsp3) is 0.143. The summed E-state index contributed by atoms with van der Waals surface area (Å²) in [4.78, 5) is 0. The predicted octanol–water partition coefficient (Wildman–Crippen LogP) is 7.90. The first-order valence-corrected chi connectivity index (χ1v) is 15.5. The quantitative estimate of drug-likeness (QED) is 0.0820. The van der Waals surface area contributed by atoms with E-state index in [-0.39, 0.29) is 6.29 Å². The fourth-order valence-electron chi connectivity index (χ4n) is 4.78. The number of hydrogen-bond acceptors (Lipinski definition) is 6. The van der Waals surface area contributed by atoms with Gasteiger partial charge in [0.2, 0.25) is 0 Å². The van der Waals surface area contributed by atoms with Crippen LogP contribution in [0.1, 0.15) is 16.7 Å². The van der Waals surface area contributed by atoms with Crippen LogP contribution >= 0.6 is 7.60 Å². The summed E-state index contributed by atoms with van der Waals surface area (Å²) in [7, 11) is -1.95. The lowest BCUT2D eigenvalue weighted by molar-refractivity contribution is 0.0152. The van der Waals surface area contributed by atoms with Gasteiger partial charge in [0.15, 0.2) is 0 Å². The van der Waals surface area contributed by atoms with Crippen molar-refractivity contribution in [3.63, 3.8) is 0 Å². The number of rotatable bonds is 14. The van der Waals surface area contributed by atoms with Gasteiger partial charge in [0.05, 0.1) is 13.7 Å². The molecule has 0 aromatic heterocycles. The Hall–Kier alpha value is -4.35. The Morgan fingerprint density at radius 3 is 1.45 bits per heavy atom. The molecule has 214 valence electrons. The number of benzene rings is 5. The maximum atomic E-state index is 13.9. The highest BCUT2D eigenvalue weighted by molar-refractivity contribution is 7.54. The molecule has 5 aromatic carbocycles. The lowest BCUT2D eigenvalue weighted by atomic mass is 9.80. The molecule has 1 N–H and O–H groups in total. The molecule has 0 unspecified atom stereocenters. The van der Waals surface area contributed by atoms with Gasteiger partial charge in [0.25, 0.3) is 0 Å². The molecule has 42 heavy (non-hydrogen) atoms. The second kappa shape index (κ2) is 14.0. The van der Waals surface area contributed by atoms with Crippen LogP contribution in [0.25, 0.3) is 0 Å². The zero-order valence-electron chi connectivity index (χ0n) is 23.5. The molecular formula is C35H34NO5P. The molecule has 0 atom stereocenters. The summed E-state index contributed by atoms with van der Waals surface area (Å²) >= 11 is 0. The summed E-state index contributed by atoms with van der Waals surface area (Å²) in [5.41, 5.74) is 2.06. The minimum atomic E-state index is -3.61. The number of nitrogens with one attached hydrogen (secondary N) is 1. The molecule has 7 heteroatoms. The van der Waals surface area contributed by atoms with Crippen molar-refractivity contribution in [1.82, 2.24) is 5.32 Å². The predicted molar refractivity (Wildman–Crippen MR) is 166 cm³/mol. The Kier molecular flexibility index (Phi) is 9.73. The number of para-hydroxylation sites is 2. The van der Waals surface area contributed by atoms with Gasteiger partial charge < -0.3 is 23.8 Å². The standard InChI is InChI=1S/C35H34NO5P/c1-38-32-24-22-31(23-25-32)35(29-14-6-2-7-15-29,30-16-8-3-9-17-30)39-27-26-36-28-42(37,40-33-18-10-4-11-19-33)41-34-20-12-5-13-21-34/h2-25,36H,26-28H2,1H3. The van der Waals surface area contributed by atoms with E-state index >= 15 is 0 Å². The Morgan fingerprint density at radius 2 is 1.00 bits per heavy atom. The van der Waals surface area contributed by atoms with Crippen molar-refractivity contribution in [2.45, 2.75) is 5.60 Å². The van der Waals surface area contributed by atoms with E-state index in [1.807, 2.05) is 97.1 Å². The minimum absolute atomic E-state index is 0.00758. The van der Waals surface area contributed by atoms with Gasteiger partial charge in [0.1, 0.15) is 29.1 Å². The van der Waals surface area contributed by atoms with E-state index in [1.165, 1.54) is 0 Å². The van der Waals surface area contributed by atoms with E-state index in [9.17, 15) is 4.57 Å². The molecule has 0 radical (unpaired) electrons. The lowest BCUT2D eigenvalue weighted by Crippen LogP contribution is -2.35. The Morgan fingerprint density at radius 1 is 0.571 bits per heavy atom. The monoisotopic (exact) mass is 579 g/mol. The molecule has 0 heterocycles. The third-order valence-electron chi connectivity index (χ3n) is 6.74. The summed E-state index contributed by atoms with van der Waals surface area (Å²) in [5, 5.41) is 3.25. The van der Waals surface area contributed by atoms with E-state index < -0.39 is 13.2 Å². The number of ether oxygens (including phenoxy) is 2. The van der Waals surface area contributed by atoms with E-state index in [2.05, 4.69) is 29.6 Å². The highest BCUT2D eigenvalue weighted by atomic mass is 31.2. The third-order valence-corrected chi connectivity index (χ3v) is 8.32. The van der Waals surface area contributed by atoms with Gasteiger partial charge in [-0.05, 0) is 53.1 Å². The Balaban J connectivity index is 1.37. The zero-order chi connectivity index (χ0) is 29.1. The minimum Gasteiger partial charge on any atom is -0.497 e. The van der Waals surface area contributed by atoms with Crippen LogP contribution in [-0.4, -0.2) is 26.5 Å². The molecule has 0 spiro atoms. The van der Waals surface area contributed by atoms with Crippen LogP contribution in [0.3, 0.4) is 0 Å². The summed E-state index contributed by atoms with van der Waals surface area (Å²) in [6.45, 7) is 0.713. The maximum Gasteiger partial charge on any atom is 0.444 e. The van der Waals surface area contributed by atoms with Crippen LogP contribution in [0, 0.1) is 0 Å². The van der Waals surface area contributed by atoms with Gasteiger partial charge in [-0.15, -0.1) is 0 Å². The second-order valence-electron chi connectivity index (χ2n) is 9.57. The number of hydrogen-bond donors (Lipinski definition) is 1. The highest BCUT2D eigenvalue weighted by Crippen LogP contribution is 2.47. The van der Waals surface area contributed by atoms with Crippen LogP contribution in [-0.2, 0) is 14.9 Å².